The maximum Gasteiger partial charge on any atom is 0.311 e. The van der Waals surface area contributed by atoms with Gasteiger partial charge in [0.2, 0.25) is 0 Å². The number of carbonyl (C=O) groups excluding carboxylic acids is 1. The van der Waals surface area contributed by atoms with Crippen molar-refractivity contribution in [1.29, 1.82) is 0 Å². The number of rotatable bonds is 3. The van der Waals surface area contributed by atoms with Gasteiger partial charge in [0.15, 0.2) is 0 Å². The van der Waals surface area contributed by atoms with Gasteiger partial charge in [-0.15, -0.1) is 0 Å². The second-order valence-corrected chi connectivity index (χ2v) is 7.19. The van der Waals surface area contributed by atoms with Crippen LogP contribution in [-0.4, -0.2) is 44.9 Å². The minimum atomic E-state index is -0.752. The molecule has 4 rings (SSSR count). The number of hydrogen-bond donors (Lipinski definition) is 1. The quantitative estimate of drug-likeness (QED) is 0.923. The summed E-state index contributed by atoms with van der Waals surface area (Å²) in [5.74, 6) is 0.465. The van der Waals surface area contributed by atoms with Crippen molar-refractivity contribution in [3.63, 3.8) is 0 Å². The van der Waals surface area contributed by atoms with Crippen LogP contribution in [0.25, 0.3) is 0 Å². The van der Waals surface area contributed by atoms with Crippen molar-refractivity contribution in [3.05, 3.63) is 23.8 Å². The third kappa shape index (κ3) is 2.40. The number of likely N-dealkylation sites (tertiary alicyclic amines) is 1. The molecule has 2 saturated carbocycles. The zero-order chi connectivity index (χ0) is 16.0. The number of aliphatic carboxylic acids is 1. The van der Waals surface area contributed by atoms with Crippen molar-refractivity contribution >= 4 is 11.9 Å². The lowest BCUT2D eigenvalue weighted by molar-refractivity contribution is -0.152. The SMILES string of the molecule is O=C(c1cnc(C2CC2)nc1)N1C[C@H]2CCCC[C@@]2(C(=O)O)C1. The highest BCUT2D eigenvalue weighted by atomic mass is 16.4. The molecule has 1 saturated heterocycles. The molecule has 122 valence electrons. The molecule has 6 nitrogen and oxygen atoms in total. The Morgan fingerprint density at radius 1 is 1.17 bits per heavy atom. The third-order valence-electron chi connectivity index (χ3n) is 5.70. The molecule has 6 heteroatoms. The minimum Gasteiger partial charge on any atom is -0.481 e. The molecule has 0 spiro atoms. The Hall–Kier alpha value is -1.98. The number of nitrogens with zero attached hydrogens (tertiary/aromatic N) is 3. The summed E-state index contributed by atoms with van der Waals surface area (Å²) in [6.07, 6.45) is 9.01. The first kappa shape index (κ1) is 14.6. The Morgan fingerprint density at radius 2 is 1.91 bits per heavy atom. The largest absolute Gasteiger partial charge is 0.481 e. The van der Waals surface area contributed by atoms with E-state index in [9.17, 15) is 14.7 Å². The molecule has 2 aliphatic carbocycles. The fourth-order valence-electron chi connectivity index (χ4n) is 4.14. The summed E-state index contributed by atoms with van der Waals surface area (Å²) in [6, 6.07) is 0. The van der Waals surface area contributed by atoms with E-state index >= 15 is 0 Å². The summed E-state index contributed by atoms with van der Waals surface area (Å²) in [6.45, 7) is 0.853. The fourth-order valence-corrected chi connectivity index (χ4v) is 4.14. The molecule has 2 heterocycles. The molecule has 3 aliphatic rings. The number of fused-ring (bicyclic) bond motifs is 1. The molecular formula is C17H21N3O3. The Bertz CT molecular complexity index is 641. The first-order chi connectivity index (χ1) is 11.1. The van der Waals surface area contributed by atoms with Crippen LogP contribution >= 0.6 is 0 Å². The van der Waals surface area contributed by atoms with Crippen LogP contribution in [0.1, 0.15) is 60.6 Å². The van der Waals surface area contributed by atoms with E-state index in [0.717, 1.165) is 37.9 Å². The molecule has 1 aliphatic heterocycles. The first-order valence-corrected chi connectivity index (χ1v) is 8.45. The van der Waals surface area contributed by atoms with Crippen molar-refractivity contribution in [2.24, 2.45) is 11.3 Å². The van der Waals surface area contributed by atoms with Gasteiger partial charge in [0.05, 0.1) is 11.0 Å². The molecule has 23 heavy (non-hydrogen) atoms. The second kappa shape index (κ2) is 5.28. The van der Waals surface area contributed by atoms with Gasteiger partial charge in [-0.1, -0.05) is 12.8 Å². The molecule has 3 fully saturated rings. The number of carboxylic acid groups (broad SMARTS) is 1. The van der Waals surface area contributed by atoms with Gasteiger partial charge in [0.25, 0.3) is 5.91 Å². The van der Waals surface area contributed by atoms with Crippen LogP contribution in [0.15, 0.2) is 12.4 Å². The molecule has 2 atom stereocenters. The number of carboxylic acids is 1. The van der Waals surface area contributed by atoms with E-state index in [1.54, 1.807) is 17.3 Å². The van der Waals surface area contributed by atoms with Gasteiger partial charge < -0.3 is 10.0 Å². The van der Waals surface area contributed by atoms with Crippen LogP contribution in [0.3, 0.4) is 0 Å². The highest BCUT2D eigenvalue weighted by Gasteiger charge is 2.54. The van der Waals surface area contributed by atoms with E-state index in [1.807, 2.05) is 0 Å². The fraction of sp³-hybridized carbons (Fsp3) is 0.647. The highest BCUT2D eigenvalue weighted by Crippen LogP contribution is 2.47. The van der Waals surface area contributed by atoms with Gasteiger partial charge in [-0.2, -0.15) is 0 Å². The Kier molecular flexibility index (Phi) is 3.36. The molecule has 1 aromatic rings. The van der Waals surface area contributed by atoms with Crippen molar-refractivity contribution in [2.45, 2.75) is 44.4 Å². The Balaban J connectivity index is 1.53. The van der Waals surface area contributed by atoms with Gasteiger partial charge in [-0.3, -0.25) is 9.59 Å². The standard InChI is InChI=1S/C17H21N3O3/c21-15(12-7-18-14(19-8-12)11-4-5-11)20-9-13-3-1-2-6-17(13,10-20)16(22)23/h7-8,11,13H,1-6,9-10H2,(H,22,23)/t13-,17-/m1/s1. The lowest BCUT2D eigenvalue weighted by Gasteiger charge is -2.34. The number of amides is 1. The van der Waals surface area contributed by atoms with Gasteiger partial charge in [0, 0.05) is 31.4 Å². The molecule has 0 unspecified atom stereocenters. The monoisotopic (exact) mass is 315 g/mol. The summed E-state index contributed by atoms with van der Waals surface area (Å²) in [5.41, 5.74) is -0.281. The minimum absolute atomic E-state index is 0.0735. The van der Waals surface area contributed by atoms with E-state index in [4.69, 9.17) is 0 Å². The first-order valence-electron chi connectivity index (χ1n) is 8.45. The zero-order valence-corrected chi connectivity index (χ0v) is 13.1. The molecule has 1 amide bonds. The number of aromatic nitrogens is 2. The van der Waals surface area contributed by atoms with Gasteiger partial charge in [-0.25, -0.2) is 9.97 Å². The average Bonchev–Trinajstić information content (AvgIpc) is 3.33. The lowest BCUT2D eigenvalue weighted by Crippen LogP contribution is -2.41. The maximum atomic E-state index is 12.7. The maximum absolute atomic E-state index is 12.7. The van der Waals surface area contributed by atoms with Crippen LogP contribution in [-0.2, 0) is 4.79 Å². The summed E-state index contributed by atoms with van der Waals surface area (Å²) in [7, 11) is 0. The molecular weight excluding hydrogens is 294 g/mol. The van der Waals surface area contributed by atoms with Crippen molar-refractivity contribution < 1.29 is 14.7 Å². The van der Waals surface area contributed by atoms with Crippen molar-refractivity contribution in [3.8, 4) is 0 Å². The summed E-state index contributed by atoms with van der Waals surface area (Å²) < 4.78 is 0. The van der Waals surface area contributed by atoms with Crippen LogP contribution in [0.4, 0.5) is 0 Å². The van der Waals surface area contributed by atoms with Crippen molar-refractivity contribution in [1.82, 2.24) is 14.9 Å². The van der Waals surface area contributed by atoms with E-state index in [-0.39, 0.29) is 11.8 Å². The number of hydrogen-bond acceptors (Lipinski definition) is 4. The van der Waals surface area contributed by atoms with Crippen LogP contribution in [0.5, 0.6) is 0 Å². The van der Waals surface area contributed by atoms with Gasteiger partial charge in [0.1, 0.15) is 5.82 Å². The smallest absolute Gasteiger partial charge is 0.311 e. The number of carbonyl (C=O) groups is 2. The molecule has 0 aromatic carbocycles. The van der Waals surface area contributed by atoms with E-state index in [2.05, 4.69) is 9.97 Å². The summed E-state index contributed by atoms with van der Waals surface area (Å²) >= 11 is 0. The van der Waals surface area contributed by atoms with Crippen molar-refractivity contribution in [2.75, 3.05) is 13.1 Å². The van der Waals surface area contributed by atoms with Gasteiger partial charge >= 0.3 is 5.97 Å². The van der Waals surface area contributed by atoms with E-state index in [0.29, 0.717) is 31.0 Å². The van der Waals surface area contributed by atoms with Crippen LogP contribution < -0.4 is 0 Å². The van der Waals surface area contributed by atoms with E-state index in [1.165, 1.54) is 0 Å². The predicted molar refractivity (Wildman–Crippen MR) is 81.9 cm³/mol. The zero-order valence-electron chi connectivity index (χ0n) is 13.1. The summed E-state index contributed by atoms with van der Waals surface area (Å²) in [4.78, 5) is 34.8. The Labute approximate surface area is 134 Å². The predicted octanol–water partition coefficient (Wildman–Crippen LogP) is 2.07. The second-order valence-electron chi connectivity index (χ2n) is 7.19. The molecule has 0 bridgehead atoms. The highest BCUT2D eigenvalue weighted by molar-refractivity contribution is 5.94. The van der Waals surface area contributed by atoms with Crippen LogP contribution in [0, 0.1) is 11.3 Å². The average molecular weight is 315 g/mol. The van der Waals surface area contributed by atoms with E-state index < -0.39 is 11.4 Å². The molecule has 0 radical (unpaired) electrons. The van der Waals surface area contributed by atoms with Gasteiger partial charge in [-0.05, 0) is 31.6 Å². The topological polar surface area (TPSA) is 83.4 Å². The third-order valence-corrected chi connectivity index (χ3v) is 5.70. The van der Waals surface area contributed by atoms with Crippen LogP contribution in [0.2, 0.25) is 0 Å². The molecule has 1 aromatic heterocycles. The normalized spacial score (nSPS) is 30.1. The Morgan fingerprint density at radius 3 is 2.52 bits per heavy atom. The molecule has 1 N–H and O–H groups in total. The lowest BCUT2D eigenvalue weighted by atomic mass is 9.68. The summed E-state index contributed by atoms with van der Waals surface area (Å²) in [5, 5.41) is 9.71.